The summed E-state index contributed by atoms with van der Waals surface area (Å²) in [6.45, 7) is 7.62. The molecule has 30 heavy (non-hydrogen) atoms. The van der Waals surface area contributed by atoms with E-state index in [1.807, 2.05) is 33.8 Å². The van der Waals surface area contributed by atoms with Crippen molar-refractivity contribution in [2.75, 3.05) is 0 Å². The van der Waals surface area contributed by atoms with E-state index in [1.165, 1.54) is 4.57 Å². The maximum atomic E-state index is 13.6. The third kappa shape index (κ3) is 4.05. The quantitative estimate of drug-likeness (QED) is 0.646. The van der Waals surface area contributed by atoms with E-state index in [1.54, 1.807) is 36.4 Å². The van der Waals surface area contributed by atoms with Gasteiger partial charge in [0.25, 0.3) is 5.56 Å². The molecule has 0 saturated heterocycles. The number of nitrogens with one attached hydrogen (secondary N) is 1. The number of rotatable bonds is 6. The lowest BCUT2D eigenvalue weighted by Crippen LogP contribution is -2.45. The number of aromatic nitrogens is 2. The van der Waals surface area contributed by atoms with E-state index in [0.717, 1.165) is 16.6 Å². The summed E-state index contributed by atoms with van der Waals surface area (Å²) >= 11 is 6.18. The topological polar surface area (TPSA) is 73.1 Å². The minimum absolute atomic E-state index is 0.0280. The molecule has 0 spiro atoms. The number of nitrogens with zero attached hydrogens (tertiary/aromatic N) is 2. The van der Waals surface area contributed by atoms with Gasteiger partial charge in [0.05, 0.1) is 16.6 Å². The van der Waals surface area contributed by atoms with Crippen LogP contribution in [0.5, 0.6) is 0 Å². The van der Waals surface area contributed by atoms with Crippen LogP contribution in [0.1, 0.15) is 45.2 Å². The molecular weight excluding hydrogens is 402 g/mol. The van der Waals surface area contributed by atoms with Crippen LogP contribution in [0.25, 0.3) is 16.6 Å². The number of aryl methyl sites for hydroxylation is 1. The number of carbonyl (C=O) groups excluding carboxylic acids is 1. The van der Waals surface area contributed by atoms with Crippen molar-refractivity contribution in [3.63, 3.8) is 0 Å². The lowest BCUT2D eigenvalue weighted by molar-refractivity contribution is -0.125. The van der Waals surface area contributed by atoms with Gasteiger partial charge in [0, 0.05) is 11.1 Å². The van der Waals surface area contributed by atoms with Crippen LogP contribution in [-0.2, 0) is 4.79 Å². The predicted octanol–water partition coefficient (Wildman–Crippen LogP) is 3.98. The molecule has 0 aliphatic carbocycles. The lowest BCUT2D eigenvalue weighted by Gasteiger charge is -2.23. The normalized spacial score (nSPS) is 13.2. The fourth-order valence-corrected chi connectivity index (χ4v) is 3.69. The predicted molar refractivity (Wildman–Crippen MR) is 121 cm³/mol. The summed E-state index contributed by atoms with van der Waals surface area (Å²) in [4.78, 5) is 39.8. The molecule has 1 heterocycles. The number of halogens is 1. The van der Waals surface area contributed by atoms with Crippen molar-refractivity contribution >= 4 is 28.4 Å². The fraction of sp³-hybridized carbons (Fsp3) is 0.348. The van der Waals surface area contributed by atoms with Gasteiger partial charge in [0.15, 0.2) is 0 Å². The first-order valence-corrected chi connectivity index (χ1v) is 10.5. The number of carbonyl (C=O) groups is 1. The third-order valence-corrected chi connectivity index (χ3v) is 5.55. The van der Waals surface area contributed by atoms with Gasteiger partial charge in [0.1, 0.15) is 6.04 Å². The Balaban J connectivity index is 2.37. The highest BCUT2D eigenvalue weighted by molar-refractivity contribution is 6.31. The second-order valence-corrected chi connectivity index (χ2v) is 7.97. The Labute approximate surface area is 180 Å². The van der Waals surface area contributed by atoms with E-state index < -0.39 is 17.3 Å². The molecule has 6 nitrogen and oxygen atoms in total. The van der Waals surface area contributed by atoms with Gasteiger partial charge in [-0.15, -0.1) is 0 Å². The van der Waals surface area contributed by atoms with Crippen LogP contribution in [0.15, 0.2) is 52.1 Å². The molecule has 0 aliphatic heterocycles. The van der Waals surface area contributed by atoms with Gasteiger partial charge < -0.3 is 5.32 Å². The highest BCUT2D eigenvalue weighted by Crippen LogP contribution is 2.21. The van der Waals surface area contributed by atoms with Crippen LogP contribution >= 0.6 is 11.6 Å². The number of fused-ring (bicyclic) bond motifs is 1. The van der Waals surface area contributed by atoms with Gasteiger partial charge in [-0.2, -0.15) is 0 Å². The van der Waals surface area contributed by atoms with E-state index in [-0.39, 0.29) is 11.9 Å². The molecule has 2 unspecified atom stereocenters. The summed E-state index contributed by atoms with van der Waals surface area (Å²) in [5, 5.41) is 3.67. The van der Waals surface area contributed by atoms with Crippen molar-refractivity contribution in [2.45, 2.75) is 52.6 Å². The van der Waals surface area contributed by atoms with E-state index in [2.05, 4.69) is 5.32 Å². The van der Waals surface area contributed by atoms with Crippen LogP contribution in [0.4, 0.5) is 0 Å². The first kappa shape index (κ1) is 21.8. The van der Waals surface area contributed by atoms with Crippen molar-refractivity contribution < 1.29 is 4.79 Å². The van der Waals surface area contributed by atoms with E-state index in [4.69, 9.17) is 11.6 Å². The number of hydrogen-bond donors (Lipinski definition) is 1. The Kier molecular flexibility index (Phi) is 6.46. The second-order valence-electron chi connectivity index (χ2n) is 7.54. The van der Waals surface area contributed by atoms with E-state index in [0.29, 0.717) is 28.0 Å². The highest BCUT2D eigenvalue weighted by Gasteiger charge is 2.26. The van der Waals surface area contributed by atoms with Gasteiger partial charge >= 0.3 is 5.69 Å². The van der Waals surface area contributed by atoms with Crippen molar-refractivity contribution in [2.24, 2.45) is 0 Å². The van der Waals surface area contributed by atoms with Crippen LogP contribution in [0.3, 0.4) is 0 Å². The zero-order valence-corrected chi connectivity index (χ0v) is 18.4. The van der Waals surface area contributed by atoms with Crippen molar-refractivity contribution in [3.05, 3.63) is 73.9 Å². The van der Waals surface area contributed by atoms with Crippen LogP contribution in [0.2, 0.25) is 5.02 Å². The van der Waals surface area contributed by atoms with Crippen molar-refractivity contribution in [1.82, 2.24) is 14.5 Å². The van der Waals surface area contributed by atoms with Crippen LogP contribution in [-0.4, -0.2) is 21.1 Å². The van der Waals surface area contributed by atoms with Crippen molar-refractivity contribution in [3.8, 4) is 5.69 Å². The Morgan fingerprint density at radius 2 is 1.83 bits per heavy atom. The molecule has 0 fully saturated rings. The molecule has 0 aliphatic rings. The third-order valence-electron chi connectivity index (χ3n) is 5.31. The zero-order valence-electron chi connectivity index (χ0n) is 17.6. The summed E-state index contributed by atoms with van der Waals surface area (Å²) in [5.74, 6) is -0.260. The first-order chi connectivity index (χ1) is 14.3. The molecule has 158 valence electrons. The minimum atomic E-state index is -0.774. The average Bonchev–Trinajstić information content (AvgIpc) is 2.70. The first-order valence-electron chi connectivity index (χ1n) is 10.1. The molecule has 0 bridgehead atoms. The Morgan fingerprint density at radius 1 is 1.10 bits per heavy atom. The summed E-state index contributed by atoms with van der Waals surface area (Å²) < 4.78 is 2.52. The Hall–Kier alpha value is -2.86. The maximum absolute atomic E-state index is 13.6. The summed E-state index contributed by atoms with van der Waals surface area (Å²) in [5.41, 5.74) is 0.737. The van der Waals surface area contributed by atoms with Gasteiger partial charge in [0.2, 0.25) is 5.91 Å². The summed E-state index contributed by atoms with van der Waals surface area (Å²) in [7, 11) is 0. The SMILES string of the molecule is CCC(C)NC(=O)C(CC)n1c(=O)n(-c2cccc(C)c2)c(=O)c2ccc(Cl)cc21. The molecule has 3 aromatic rings. The highest BCUT2D eigenvalue weighted by atomic mass is 35.5. The van der Waals surface area contributed by atoms with E-state index >= 15 is 0 Å². The largest absolute Gasteiger partial charge is 0.352 e. The van der Waals surface area contributed by atoms with Crippen molar-refractivity contribution in [1.29, 1.82) is 0 Å². The fourth-order valence-electron chi connectivity index (χ4n) is 3.53. The van der Waals surface area contributed by atoms with Crippen LogP contribution < -0.4 is 16.6 Å². The summed E-state index contributed by atoms with van der Waals surface area (Å²) in [6, 6.07) is 11.1. The second kappa shape index (κ2) is 8.88. The van der Waals surface area contributed by atoms with Crippen LogP contribution in [0, 0.1) is 6.92 Å². The molecule has 7 heteroatoms. The molecule has 0 saturated carbocycles. The molecule has 1 N–H and O–H groups in total. The van der Waals surface area contributed by atoms with Gasteiger partial charge in [-0.25, -0.2) is 9.36 Å². The zero-order chi connectivity index (χ0) is 22.0. The molecule has 2 aromatic carbocycles. The van der Waals surface area contributed by atoms with E-state index in [9.17, 15) is 14.4 Å². The molecule has 2 atom stereocenters. The van der Waals surface area contributed by atoms with Gasteiger partial charge in [-0.3, -0.25) is 14.2 Å². The Morgan fingerprint density at radius 3 is 2.47 bits per heavy atom. The summed E-state index contributed by atoms with van der Waals surface area (Å²) in [6.07, 6.45) is 1.16. The standard InChI is InChI=1S/C23H26ClN3O3/c1-5-15(4)25-21(28)19(6-2)27-20-13-16(24)10-11-18(20)22(29)26(23(27)30)17-9-7-8-14(3)12-17/h7-13,15,19H,5-6H2,1-4H3,(H,25,28). The van der Waals surface area contributed by atoms with Gasteiger partial charge in [-0.1, -0.05) is 37.6 Å². The molecule has 0 radical (unpaired) electrons. The average molecular weight is 428 g/mol. The monoisotopic (exact) mass is 427 g/mol. The molecule has 1 aromatic heterocycles. The molecular formula is C23H26ClN3O3. The minimum Gasteiger partial charge on any atom is -0.352 e. The number of amides is 1. The maximum Gasteiger partial charge on any atom is 0.336 e. The Bertz CT molecular complexity index is 1210. The number of benzene rings is 2. The van der Waals surface area contributed by atoms with Gasteiger partial charge in [-0.05, 0) is 62.6 Å². The number of hydrogen-bond acceptors (Lipinski definition) is 3. The molecule has 1 amide bonds. The molecule has 3 rings (SSSR count). The smallest absolute Gasteiger partial charge is 0.336 e. The lowest BCUT2D eigenvalue weighted by atomic mass is 10.1.